The zero-order chi connectivity index (χ0) is 18.3. The van der Waals surface area contributed by atoms with Crippen molar-refractivity contribution in [2.45, 2.75) is 32.2 Å². The van der Waals surface area contributed by atoms with Gasteiger partial charge in [-0.1, -0.05) is 11.6 Å². The molecule has 2 heterocycles. The summed E-state index contributed by atoms with van der Waals surface area (Å²) in [5.74, 6) is -1.10. The van der Waals surface area contributed by atoms with Crippen LogP contribution >= 0.6 is 22.9 Å². The number of carbonyl (C=O) groups excluding carboxylic acids is 1. The van der Waals surface area contributed by atoms with E-state index in [9.17, 15) is 14.0 Å². The first kappa shape index (κ1) is 17.2. The molecule has 3 aromatic rings. The number of hydrogen-bond donors (Lipinski definition) is 1. The fraction of sp³-hybridized carbons (Fsp3) is 0.278. The number of aromatic nitrogens is 2. The van der Waals surface area contributed by atoms with E-state index in [0.29, 0.717) is 10.4 Å². The van der Waals surface area contributed by atoms with Crippen molar-refractivity contribution in [3.63, 3.8) is 0 Å². The van der Waals surface area contributed by atoms with Gasteiger partial charge in [0.15, 0.2) is 0 Å². The summed E-state index contributed by atoms with van der Waals surface area (Å²) in [6.45, 7) is -0.238. The molecular weight excluding hydrogens is 377 g/mol. The summed E-state index contributed by atoms with van der Waals surface area (Å²) in [4.78, 5) is 31.4. The SMILES string of the molecule is O=C(Cn1cnc2sc3c(c2c1=O)CCCC3)Nc1cc(Cl)ccc1F. The van der Waals surface area contributed by atoms with Gasteiger partial charge in [0.25, 0.3) is 5.56 Å². The number of anilines is 1. The molecule has 0 radical (unpaired) electrons. The van der Waals surface area contributed by atoms with Crippen molar-refractivity contribution in [3.05, 3.63) is 56.2 Å². The van der Waals surface area contributed by atoms with Crippen LogP contribution in [0.2, 0.25) is 5.02 Å². The van der Waals surface area contributed by atoms with Crippen molar-refractivity contribution in [3.8, 4) is 0 Å². The smallest absolute Gasteiger partial charge is 0.262 e. The molecule has 4 rings (SSSR count). The zero-order valence-corrected chi connectivity index (χ0v) is 15.3. The van der Waals surface area contributed by atoms with Gasteiger partial charge in [-0.2, -0.15) is 0 Å². The van der Waals surface area contributed by atoms with Gasteiger partial charge >= 0.3 is 0 Å². The molecular formula is C18H15ClFN3O2S. The normalized spacial score (nSPS) is 13.6. The fourth-order valence-electron chi connectivity index (χ4n) is 3.23. The summed E-state index contributed by atoms with van der Waals surface area (Å²) in [5, 5.41) is 3.38. The molecule has 0 aliphatic heterocycles. The van der Waals surface area contributed by atoms with E-state index in [1.165, 1.54) is 34.0 Å². The molecule has 0 fully saturated rings. The van der Waals surface area contributed by atoms with Gasteiger partial charge in [-0.3, -0.25) is 14.2 Å². The van der Waals surface area contributed by atoms with Crippen LogP contribution in [0.1, 0.15) is 23.3 Å². The highest BCUT2D eigenvalue weighted by molar-refractivity contribution is 7.18. The topological polar surface area (TPSA) is 64.0 Å². The van der Waals surface area contributed by atoms with Crippen LogP contribution in [-0.2, 0) is 24.2 Å². The van der Waals surface area contributed by atoms with Crippen LogP contribution in [0.4, 0.5) is 10.1 Å². The summed E-state index contributed by atoms with van der Waals surface area (Å²) in [6, 6.07) is 3.90. The van der Waals surface area contributed by atoms with Gasteiger partial charge in [0.05, 0.1) is 17.4 Å². The van der Waals surface area contributed by atoms with Crippen LogP contribution in [0.15, 0.2) is 29.3 Å². The van der Waals surface area contributed by atoms with E-state index in [0.717, 1.165) is 36.1 Å². The van der Waals surface area contributed by atoms with Crippen molar-refractivity contribution < 1.29 is 9.18 Å². The molecule has 0 unspecified atom stereocenters. The Kier molecular flexibility index (Phi) is 4.50. The molecule has 8 heteroatoms. The lowest BCUT2D eigenvalue weighted by Crippen LogP contribution is -2.28. The Bertz CT molecular complexity index is 1080. The van der Waals surface area contributed by atoms with E-state index in [2.05, 4.69) is 10.3 Å². The predicted octanol–water partition coefficient (Wildman–Crippen LogP) is 3.77. The molecule has 5 nitrogen and oxygen atoms in total. The third kappa shape index (κ3) is 3.12. The van der Waals surface area contributed by atoms with Crippen molar-refractivity contribution in [2.75, 3.05) is 5.32 Å². The number of halogens is 2. The molecule has 26 heavy (non-hydrogen) atoms. The minimum absolute atomic E-state index is 0.0162. The lowest BCUT2D eigenvalue weighted by atomic mass is 9.97. The van der Waals surface area contributed by atoms with Crippen LogP contribution in [0.3, 0.4) is 0 Å². The molecule has 0 bridgehead atoms. The lowest BCUT2D eigenvalue weighted by Gasteiger charge is -2.11. The maximum Gasteiger partial charge on any atom is 0.262 e. The van der Waals surface area contributed by atoms with Gasteiger partial charge < -0.3 is 5.32 Å². The van der Waals surface area contributed by atoms with Crippen LogP contribution in [0, 0.1) is 5.82 Å². The third-order valence-electron chi connectivity index (χ3n) is 4.46. The van der Waals surface area contributed by atoms with Crippen molar-refractivity contribution in [1.29, 1.82) is 0 Å². The number of nitrogens with zero attached hydrogens (tertiary/aromatic N) is 2. The summed E-state index contributed by atoms with van der Waals surface area (Å²) < 4.78 is 15.0. The summed E-state index contributed by atoms with van der Waals surface area (Å²) >= 11 is 7.38. The van der Waals surface area contributed by atoms with E-state index in [-0.39, 0.29) is 17.8 Å². The quantitative estimate of drug-likeness (QED) is 0.739. The third-order valence-corrected chi connectivity index (χ3v) is 5.89. The largest absolute Gasteiger partial charge is 0.322 e. The Morgan fingerprint density at radius 3 is 3.00 bits per heavy atom. The number of fused-ring (bicyclic) bond motifs is 3. The number of carbonyl (C=O) groups is 1. The molecule has 1 N–H and O–H groups in total. The molecule has 0 spiro atoms. The van der Waals surface area contributed by atoms with E-state index < -0.39 is 11.7 Å². The summed E-state index contributed by atoms with van der Waals surface area (Å²) in [5.41, 5.74) is 0.831. The molecule has 2 aromatic heterocycles. The maximum atomic E-state index is 13.8. The monoisotopic (exact) mass is 391 g/mol. The van der Waals surface area contributed by atoms with Gasteiger partial charge in [0.1, 0.15) is 17.2 Å². The van der Waals surface area contributed by atoms with Crippen LogP contribution < -0.4 is 10.9 Å². The minimum Gasteiger partial charge on any atom is -0.322 e. The van der Waals surface area contributed by atoms with Crippen molar-refractivity contribution >= 4 is 44.7 Å². The number of hydrogen-bond acceptors (Lipinski definition) is 4. The number of amides is 1. The molecule has 0 atom stereocenters. The molecule has 1 amide bonds. The highest BCUT2D eigenvalue weighted by atomic mass is 35.5. The first-order valence-electron chi connectivity index (χ1n) is 8.27. The van der Waals surface area contributed by atoms with Crippen LogP contribution in [-0.4, -0.2) is 15.5 Å². The Labute approximate surface area is 157 Å². The fourth-order valence-corrected chi connectivity index (χ4v) is 4.62. The highest BCUT2D eigenvalue weighted by Crippen LogP contribution is 2.33. The molecule has 0 saturated carbocycles. The Morgan fingerprint density at radius 2 is 2.15 bits per heavy atom. The standard InChI is InChI=1S/C18H15ClFN3O2S/c19-10-5-6-12(20)13(7-10)22-15(24)8-23-9-21-17-16(18(23)25)11-3-1-2-4-14(11)26-17/h5-7,9H,1-4,8H2,(H,22,24). The Hall–Kier alpha value is -2.25. The molecule has 134 valence electrons. The molecule has 0 saturated heterocycles. The first-order chi connectivity index (χ1) is 12.5. The van der Waals surface area contributed by atoms with Gasteiger partial charge in [0.2, 0.25) is 5.91 Å². The number of aryl methyl sites for hydroxylation is 2. The van der Waals surface area contributed by atoms with Gasteiger partial charge in [-0.25, -0.2) is 9.37 Å². The number of thiophene rings is 1. The van der Waals surface area contributed by atoms with Gasteiger partial charge in [-0.05, 0) is 49.4 Å². The first-order valence-corrected chi connectivity index (χ1v) is 9.47. The molecule has 1 aromatic carbocycles. The predicted molar refractivity (Wildman–Crippen MR) is 101 cm³/mol. The molecule has 1 aliphatic carbocycles. The minimum atomic E-state index is -0.587. The second-order valence-electron chi connectivity index (χ2n) is 6.24. The van der Waals surface area contributed by atoms with E-state index in [1.54, 1.807) is 11.3 Å². The van der Waals surface area contributed by atoms with Crippen molar-refractivity contribution in [1.82, 2.24) is 9.55 Å². The Balaban J connectivity index is 1.63. The van der Waals surface area contributed by atoms with Gasteiger partial charge in [0, 0.05) is 9.90 Å². The van der Waals surface area contributed by atoms with Gasteiger partial charge in [-0.15, -0.1) is 11.3 Å². The average molecular weight is 392 g/mol. The Morgan fingerprint density at radius 1 is 1.35 bits per heavy atom. The second-order valence-corrected chi connectivity index (χ2v) is 7.76. The summed E-state index contributed by atoms with van der Waals surface area (Å²) in [7, 11) is 0. The lowest BCUT2D eigenvalue weighted by molar-refractivity contribution is -0.116. The highest BCUT2D eigenvalue weighted by Gasteiger charge is 2.20. The molecule has 1 aliphatic rings. The summed E-state index contributed by atoms with van der Waals surface area (Å²) in [6.07, 6.45) is 5.41. The number of benzene rings is 1. The maximum absolute atomic E-state index is 13.8. The zero-order valence-electron chi connectivity index (χ0n) is 13.7. The average Bonchev–Trinajstić information content (AvgIpc) is 3.00. The number of rotatable bonds is 3. The van der Waals surface area contributed by atoms with Crippen molar-refractivity contribution in [2.24, 2.45) is 0 Å². The van der Waals surface area contributed by atoms with Crippen LogP contribution in [0.5, 0.6) is 0 Å². The van der Waals surface area contributed by atoms with E-state index >= 15 is 0 Å². The van der Waals surface area contributed by atoms with E-state index in [4.69, 9.17) is 11.6 Å². The van der Waals surface area contributed by atoms with Crippen LogP contribution in [0.25, 0.3) is 10.2 Å². The number of nitrogens with one attached hydrogen (secondary N) is 1. The van der Waals surface area contributed by atoms with E-state index in [1.807, 2.05) is 0 Å². The second kappa shape index (κ2) is 6.81.